The van der Waals surface area contributed by atoms with Crippen LogP contribution in [0.3, 0.4) is 0 Å². The summed E-state index contributed by atoms with van der Waals surface area (Å²) in [5.74, 6) is 0.776. The zero-order valence-electron chi connectivity index (χ0n) is 10.2. The standard InChI is InChI=1S/C12H16N4O.Co/c1-17-12-6-10-8-14-4-2-13-3-5-15-9-11(7-12)16-10;/h6-9,13H,2-5H2,1H3;. The van der Waals surface area contributed by atoms with Gasteiger partial charge < -0.3 is 10.1 Å². The normalized spacial score (nSPS) is 15.2. The molecule has 0 amide bonds. The molecule has 0 unspecified atom stereocenters. The number of fused-ring (bicyclic) bond motifs is 2. The van der Waals surface area contributed by atoms with Crippen molar-refractivity contribution in [3.05, 3.63) is 23.5 Å². The molecule has 1 radical (unpaired) electrons. The number of hydrogen-bond acceptors (Lipinski definition) is 5. The number of nitrogens with one attached hydrogen (secondary N) is 1. The molecule has 1 aliphatic heterocycles. The van der Waals surface area contributed by atoms with Gasteiger partial charge in [0.25, 0.3) is 0 Å². The van der Waals surface area contributed by atoms with Crippen LogP contribution in [0.5, 0.6) is 5.75 Å². The molecule has 2 bridgehead atoms. The minimum Gasteiger partial charge on any atom is -0.497 e. The fourth-order valence-electron chi connectivity index (χ4n) is 1.53. The fraction of sp³-hybridized carbons (Fsp3) is 0.417. The summed E-state index contributed by atoms with van der Waals surface area (Å²) < 4.78 is 5.22. The van der Waals surface area contributed by atoms with Crippen LogP contribution in [-0.2, 0) is 16.8 Å². The molecule has 1 aromatic rings. The van der Waals surface area contributed by atoms with Crippen LogP contribution in [-0.4, -0.2) is 50.7 Å². The predicted octanol–water partition coefficient (Wildman–Crippen LogP) is 0.529. The Balaban J connectivity index is 0.00000162. The van der Waals surface area contributed by atoms with Crippen molar-refractivity contribution >= 4 is 12.4 Å². The summed E-state index contributed by atoms with van der Waals surface area (Å²) in [5, 5.41) is 3.26. The first kappa shape index (κ1) is 14.8. The van der Waals surface area contributed by atoms with Gasteiger partial charge in [0.05, 0.1) is 31.6 Å². The second kappa shape index (κ2) is 7.96. The van der Waals surface area contributed by atoms with E-state index in [9.17, 15) is 0 Å². The number of rotatable bonds is 1. The van der Waals surface area contributed by atoms with Gasteiger partial charge in [-0.2, -0.15) is 0 Å². The van der Waals surface area contributed by atoms with Gasteiger partial charge in [-0.25, -0.2) is 4.98 Å². The molecule has 0 saturated heterocycles. The van der Waals surface area contributed by atoms with E-state index in [1.165, 1.54) is 0 Å². The van der Waals surface area contributed by atoms with E-state index >= 15 is 0 Å². The SMILES string of the molecule is COc1cc2nc(c1)C=NCCNCCN=C2.[Co]. The number of aromatic nitrogens is 1. The molecule has 0 spiro atoms. The molecule has 2 rings (SSSR count). The third-order valence-electron chi connectivity index (χ3n) is 2.36. The Bertz CT molecular complexity index is 400. The summed E-state index contributed by atoms with van der Waals surface area (Å²) in [7, 11) is 1.64. The molecule has 0 atom stereocenters. The Morgan fingerprint density at radius 2 is 1.61 bits per heavy atom. The molecule has 0 saturated carbocycles. The molecule has 0 fully saturated rings. The van der Waals surface area contributed by atoms with E-state index in [0.717, 1.165) is 43.3 Å². The van der Waals surface area contributed by atoms with Gasteiger partial charge in [-0.05, 0) is 0 Å². The third-order valence-corrected chi connectivity index (χ3v) is 2.36. The van der Waals surface area contributed by atoms with Gasteiger partial charge in [0.1, 0.15) is 5.75 Å². The number of nitrogens with zero attached hydrogens (tertiary/aromatic N) is 3. The van der Waals surface area contributed by atoms with Crippen molar-refractivity contribution in [1.82, 2.24) is 10.3 Å². The van der Waals surface area contributed by atoms with Crippen LogP contribution in [0.4, 0.5) is 0 Å². The summed E-state index contributed by atoms with van der Waals surface area (Å²) in [6.07, 6.45) is 3.53. The molecule has 2 heterocycles. The summed E-state index contributed by atoms with van der Waals surface area (Å²) in [5.41, 5.74) is 1.60. The van der Waals surface area contributed by atoms with Crippen molar-refractivity contribution < 1.29 is 21.5 Å². The monoisotopic (exact) mass is 291 g/mol. The van der Waals surface area contributed by atoms with E-state index in [1.54, 1.807) is 19.5 Å². The summed E-state index contributed by atoms with van der Waals surface area (Å²) in [6, 6.07) is 3.72. The van der Waals surface area contributed by atoms with Crippen LogP contribution in [0.15, 0.2) is 22.1 Å². The van der Waals surface area contributed by atoms with E-state index < -0.39 is 0 Å². The van der Waals surface area contributed by atoms with Crippen LogP contribution < -0.4 is 10.1 Å². The first-order valence-electron chi connectivity index (χ1n) is 5.65. The maximum atomic E-state index is 5.22. The fourth-order valence-corrected chi connectivity index (χ4v) is 1.53. The molecule has 0 aromatic carbocycles. The number of ether oxygens (including phenoxy) is 1. The molecule has 1 N–H and O–H groups in total. The largest absolute Gasteiger partial charge is 0.497 e. The maximum Gasteiger partial charge on any atom is 0.123 e. The Hall–Kier alpha value is -1.24. The van der Waals surface area contributed by atoms with E-state index in [4.69, 9.17) is 4.74 Å². The Morgan fingerprint density at radius 3 is 2.11 bits per heavy atom. The van der Waals surface area contributed by atoms with Crippen LogP contribution in [0.25, 0.3) is 0 Å². The van der Waals surface area contributed by atoms with Gasteiger partial charge in [-0.3, -0.25) is 9.98 Å². The summed E-state index contributed by atoms with van der Waals surface area (Å²) in [4.78, 5) is 13.0. The Morgan fingerprint density at radius 1 is 1.06 bits per heavy atom. The van der Waals surface area contributed by atoms with Crippen molar-refractivity contribution in [2.45, 2.75) is 0 Å². The Kier molecular flexibility index (Phi) is 6.56. The van der Waals surface area contributed by atoms with Gasteiger partial charge in [-0.15, -0.1) is 0 Å². The van der Waals surface area contributed by atoms with Crippen LogP contribution in [0, 0.1) is 0 Å². The van der Waals surface area contributed by atoms with Gasteiger partial charge >= 0.3 is 0 Å². The number of pyridine rings is 1. The number of aliphatic imine (C=N–C) groups is 2. The molecule has 5 nitrogen and oxygen atoms in total. The predicted molar refractivity (Wildman–Crippen MR) is 68.6 cm³/mol. The maximum absolute atomic E-state index is 5.22. The minimum atomic E-state index is 0. The molecular weight excluding hydrogens is 275 g/mol. The molecule has 0 aliphatic carbocycles. The molecule has 99 valence electrons. The van der Waals surface area contributed by atoms with Crippen molar-refractivity contribution in [3.8, 4) is 5.75 Å². The van der Waals surface area contributed by atoms with Crippen LogP contribution >= 0.6 is 0 Å². The van der Waals surface area contributed by atoms with E-state index in [-0.39, 0.29) is 16.8 Å². The van der Waals surface area contributed by atoms with Gasteiger partial charge in [0.2, 0.25) is 0 Å². The number of methoxy groups -OCH3 is 1. The summed E-state index contributed by atoms with van der Waals surface area (Å²) in [6.45, 7) is 3.22. The number of hydrogen-bond donors (Lipinski definition) is 1. The van der Waals surface area contributed by atoms with Gasteiger partial charge in [-0.1, -0.05) is 0 Å². The van der Waals surface area contributed by atoms with E-state index in [2.05, 4.69) is 20.3 Å². The zero-order valence-corrected chi connectivity index (χ0v) is 11.3. The molecule has 6 heteroatoms. The second-order valence-electron chi connectivity index (χ2n) is 3.68. The van der Waals surface area contributed by atoms with Crippen molar-refractivity contribution in [2.75, 3.05) is 33.3 Å². The summed E-state index contributed by atoms with van der Waals surface area (Å²) >= 11 is 0. The van der Waals surface area contributed by atoms with Crippen LogP contribution in [0.2, 0.25) is 0 Å². The average molecular weight is 291 g/mol. The second-order valence-corrected chi connectivity index (χ2v) is 3.68. The average Bonchev–Trinajstić information content (AvgIpc) is 2.35. The molecular formula is C12H16CoN4O. The molecule has 18 heavy (non-hydrogen) atoms. The Labute approximate surface area is 117 Å². The van der Waals surface area contributed by atoms with Gasteiger partial charge in [0.15, 0.2) is 0 Å². The van der Waals surface area contributed by atoms with Crippen LogP contribution in [0.1, 0.15) is 11.4 Å². The van der Waals surface area contributed by atoms with E-state index in [0.29, 0.717) is 0 Å². The zero-order chi connectivity index (χ0) is 11.9. The minimum absolute atomic E-state index is 0. The quantitative estimate of drug-likeness (QED) is 0.821. The van der Waals surface area contributed by atoms with Crippen molar-refractivity contribution in [3.63, 3.8) is 0 Å². The smallest absolute Gasteiger partial charge is 0.123 e. The van der Waals surface area contributed by atoms with Crippen molar-refractivity contribution in [1.29, 1.82) is 0 Å². The first-order valence-corrected chi connectivity index (χ1v) is 5.65. The van der Waals surface area contributed by atoms with Gasteiger partial charge in [0, 0.05) is 54.4 Å². The first-order chi connectivity index (χ1) is 8.38. The third kappa shape index (κ3) is 4.56. The molecule has 1 aliphatic rings. The van der Waals surface area contributed by atoms with Crippen molar-refractivity contribution in [2.24, 2.45) is 9.98 Å². The topological polar surface area (TPSA) is 58.9 Å². The van der Waals surface area contributed by atoms with E-state index in [1.807, 2.05) is 12.1 Å². The molecule has 1 aromatic heterocycles.